The molecule has 0 unspecified atom stereocenters. The summed E-state index contributed by atoms with van der Waals surface area (Å²) in [6, 6.07) is 0. The van der Waals surface area contributed by atoms with Crippen LogP contribution in [0, 0.1) is 10.1 Å². The average Bonchev–Trinajstić information content (AvgIpc) is 2.41. The van der Waals surface area contributed by atoms with Gasteiger partial charge in [-0.25, -0.2) is 9.78 Å². The highest BCUT2D eigenvalue weighted by Crippen LogP contribution is 2.29. The Morgan fingerprint density at radius 2 is 2.05 bits per heavy atom. The van der Waals surface area contributed by atoms with Crippen molar-refractivity contribution in [3.05, 3.63) is 16.4 Å². The molecule has 0 aliphatic carbocycles. The van der Waals surface area contributed by atoms with Crippen molar-refractivity contribution in [1.82, 2.24) is 15.3 Å². The van der Waals surface area contributed by atoms with E-state index in [9.17, 15) is 14.9 Å². The molecule has 0 radical (unpaired) electrons. The molecule has 1 aromatic heterocycles. The number of aromatic nitrogens is 2. The van der Waals surface area contributed by atoms with Crippen LogP contribution in [0.2, 0.25) is 0 Å². The van der Waals surface area contributed by atoms with Crippen LogP contribution in [0.15, 0.2) is 6.33 Å². The molecule has 0 bridgehead atoms. The molecule has 10 nitrogen and oxygen atoms in total. The van der Waals surface area contributed by atoms with Gasteiger partial charge < -0.3 is 20.1 Å². The first-order valence-corrected chi connectivity index (χ1v) is 6.48. The first kappa shape index (κ1) is 17.4. The number of rotatable bonds is 6. The third kappa shape index (κ3) is 5.38. The minimum atomic E-state index is -0.636. The maximum absolute atomic E-state index is 11.4. The van der Waals surface area contributed by atoms with E-state index in [1.54, 1.807) is 20.8 Å². The molecule has 0 aromatic carbocycles. The third-order valence-electron chi connectivity index (χ3n) is 2.25. The minimum absolute atomic E-state index is 0.0165. The van der Waals surface area contributed by atoms with E-state index >= 15 is 0 Å². The summed E-state index contributed by atoms with van der Waals surface area (Å²) >= 11 is 0. The van der Waals surface area contributed by atoms with Crippen LogP contribution in [0.25, 0.3) is 0 Å². The van der Waals surface area contributed by atoms with Crippen LogP contribution < -0.4 is 15.4 Å². The van der Waals surface area contributed by atoms with Gasteiger partial charge in [0.15, 0.2) is 0 Å². The van der Waals surface area contributed by atoms with Gasteiger partial charge in [-0.05, 0) is 20.8 Å². The van der Waals surface area contributed by atoms with E-state index in [1.807, 2.05) is 0 Å². The Hall–Kier alpha value is -2.65. The standard InChI is InChI=1S/C12H19N5O5/c1-12(2,3)22-11(18)14-6-5-13-9-8(17(19)20)10(21-4)16-7-15-9/h7H,5-6H2,1-4H3,(H,14,18)(H,13,15,16). The summed E-state index contributed by atoms with van der Waals surface area (Å²) in [6.45, 7) is 5.68. The number of carbonyl (C=O) groups is 1. The molecule has 0 fully saturated rings. The van der Waals surface area contributed by atoms with Crippen LogP contribution in [0.3, 0.4) is 0 Å². The molecule has 1 aromatic rings. The second-order valence-electron chi connectivity index (χ2n) is 5.19. The van der Waals surface area contributed by atoms with Crippen LogP contribution >= 0.6 is 0 Å². The number of nitrogens with zero attached hydrogens (tertiary/aromatic N) is 3. The highest BCUT2D eigenvalue weighted by Gasteiger charge is 2.23. The number of hydrogen-bond donors (Lipinski definition) is 2. The Balaban J connectivity index is 2.56. The lowest BCUT2D eigenvalue weighted by molar-refractivity contribution is -0.385. The quantitative estimate of drug-likeness (QED) is 0.457. The number of anilines is 1. The molecule has 0 saturated heterocycles. The van der Waals surface area contributed by atoms with E-state index < -0.39 is 16.6 Å². The van der Waals surface area contributed by atoms with Crippen LogP contribution in [-0.2, 0) is 4.74 Å². The number of alkyl carbamates (subject to hydrolysis) is 1. The van der Waals surface area contributed by atoms with Gasteiger partial charge in [0.25, 0.3) is 5.88 Å². The van der Waals surface area contributed by atoms with Crippen molar-refractivity contribution in [2.45, 2.75) is 26.4 Å². The van der Waals surface area contributed by atoms with Crippen LogP contribution in [0.4, 0.5) is 16.3 Å². The summed E-state index contributed by atoms with van der Waals surface area (Å²) in [6.07, 6.45) is 0.583. The van der Waals surface area contributed by atoms with Crippen LogP contribution in [0.1, 0.15) is 20.8 Å². The number of nitro groups is 1. The molecule has 0 saturated carbocycles. The van der Waals surface area contributed by atoms with E-state index in [0.29, 0.717) is 0 Å². The molecule has 0 spiro atoms. The smallest absolute Gasteiger partial charge is 0.407 e. The van der Waals surface area contributed by atoms with Gasteiger partial charge in [-0.2, -0.15) is 4.98 Å². The molecular weight excluding hydrogens is 294 g/mol. The van der Waals surface area contributed by atoms with E-state index in [-0.39, 0.29) is 30.5 Å². The summed E-state index contributed by atoms with van der Waals surface area (Å²) < 4.78 is 9.88. The molecule has 22 heavy (non-hydrogen) atoms. The predicted molar refractivity (Wildman–Crippen MR) is 78.0 cm³/mol. The van der Waals surface area contributed by atoms with Gasteiger partial charge in [0.05, 0.1) is 12.0 Å². The van der Waals surface area contributed by atoms with E-state index in [2.05, 4.69) is 20.6 Å². The Kier molecular flexibility index (Phi) is 5.84. The highest BCUT2D eigenvalue weighted by atomic mass is 16.6. The van der Waals surface area contributed by atoms with E-state index in [0.717, 1.165) is 6.33 Å². The van der Waals surface area contributed by atoms with Gasteiger partial charge in [0.1, 0.15) is 11.9 Å². The molecule has 1 amide bonds. The van der Waals surface area contributed by atoms with Crippen molar-refractivity contribution < 1.29 is 19.2 Å². The largest absolute Gasteiger partial charge is 0.476 e. The number of hydrogen-bond acceptors (Lipinski definition) is 8. The zero-order valence-corrected chi connectivity index (χ0v) is 12.9. The van der Waals surface area contributed by atoms with Crippen molar-refractivity contribution in [1.29, 1.82) is 0 Å². The number of methoxy groups -OCH3 is 1. The number of ether oxygens (including phenoxy) is 2. The van der Waals surface area contributed by atoms with E-state index in [4.69, 9.17) is 9.47 Å². The van der Waals surface area contributed by atoms with Crippen molar-refractivity contribution in [2.24, 2.45) is 0 Å². The summed E-state index contributed by atoms with van der Waals surface area (Å²) in [4.78, 5) is 29.3. The van der Waals surface area contributed by atoms with Crippen molar-refractivity contribution >= 4 is 17.6 Å². The fraction of sp³-hybridized carbons (Fsp3) is 0.583. The molecule has 0 aliphatic rings. The number of amides is 1. The van der Waals surface area contributed by atoms with E-state index in [1.165, 1.54) is 7.11 Å². The first-order chi connectivity index (χ1) is 10.2. The van der Waals surface area contributed by atoms with Gasteiger partial charge in [-0.15, -0.1) is 0 Å². The molecule has 1 heterocycles. The Bertz CT molecular complexity index is 543. The van der Waals surface area contributed by atoms with Crippen molar-refractivity contribution in [3.63, 3.8) is 0 Å². The Morgan fingerprint density at radius 3 is 2.59 bits per heavy atom. The lowest BCUT2D eigenvalue weighted by Gasteiger charge is -2.19. The average molecular weight is 313 g/mol. The monoisotopic (exact) mass is 313 g/mol. The summed E-state index contributed by atoms with van der Waals surface area (Å²) in [5.74, 6) is -0.120. The van der Waals surface area contributed by atoms with Crippen molar-refractivity contribution in [2.75, 3.05) is 25.5 Å². The molecule has 0 atom stereocenters. The van der Waals surface area contributed by atoms with Crippen LogP contribution in [0.5, 0.6) is 5.88 Å². The summed E-state index contributed by atoms with van der Waals surface area (Å²) in [5.41, 5.74) is -0.946. The zero-order chi connectivity index (χ0) is 16.8. The normalized spacial score (nSPS) is 10.7. The SMILES string of the molecule is COc1ncnc(NCCNC(=O)OC(C)(C)C)c1[N+](=O)[O-]. The lowest BCUT2D eigenvalue weighted by Crippen LogP contribution is -2.35. The molecule has 0 aliphatic heterocycles. The van der Waals surface area contributed by atoms with Gasteiger partial charge in [0, 0.05) is 13.1 Å². The van der Waals surface area contributed by atoms with Gasteiger partial charge >= 0.3 is 11.8 Å². The van der Waals surface area contributed by atoms with Crippen LogP contribution in [-0.4, -0.2) is 46.8 Å². The van der Waals surface area contributed by atoms with Crippen molar-refractivity contribution in [3.8, 4) is 5.88 Å². The summed E-state index contributed by atoms with van der Waals surface area (Å²) in [5, 5.41) is 16.3. The second-order valence-corrected chi connectivity index (χ2v) is 5.19. The maximum atomic E-state index is 11.4. The highest BCUT2D eigenvalue weighted by molar-refractivity contribution is 5.67. The summed E-state index contributed by atoms with van der Waals surface area (Å²) in [7, 11) is 1.28. The zero-order valence-electron chi connectivity index (χ0n) is 12.9. The maximum Gasteiger partial charge on any atom is 0.407 e. The molecule has 10 heteroatoms. The second kappa shape index (κ2) is 7.38. The topological polar surface area (TPSA) is 129 Å². The first-order valence-electron chi connectivity index (χ1n) is 6.48. The minimum Gasteiger partial charge on any atom is -0.476 e. The predicted octanol–water partition coefficient (Wildman–Crippen LogP) is 1.33. The fourth-order valence-corrected chi connectivity index (χ4v) is 1.47. The lowest BCUT2D eigenvalue weighted by atomic mass is 10.2. The number of carbonyl (C=O) groups excluding carboxylic acids is 1. The fourth-order valence-electron chi connectivity index (χ4n) is 1.47. The van der Waals surface area contributed by atoms with Gasteiger partial charge in [-0.3, -0.25) is 10.1 Å². The Labute approximate surface area is 127 Å². The van der Waals surface area contributed by atoms with Gasteiger partial charge in [0.2, 0.25) is 5.82 Å². The third-order valence-corrected chi connectivity index (χ3v) is 2.25. The molecule has 1 rings (SSSR count). The molecular formula is C12H19N5O5. The molecule has 122 valence electrons. The molecule has 2 N–H and O–H groups in total. The number of nitrogens with one attached hydrogen (secondary N) is 2. The Morgan fingerprint density at radius 1 is 1.36 bits per heavy atom. The van der Waals surface area contributed by atoms with Gasteiger partial charge in [-0.1, -0.05) is 0 Å².